The first-order valence-electron chi connectivity index (χ1n) is 5.58. The largest absolute Gasteiger partial charge is 0.506 e. The van der Waals surface area contributed by atoms with E-state index in [4.69, 9.17) is 11.6 Å². The van der Waals surface area contributed by atoms with Gasteiger partial charge in [0.15, 0.2) is 0 Å². The number of phenolic OH excluding ortho intramolecular Hbond substituents is 1. The van der Waals surface area contributed by atoms with E-state index in [1.54, 1.807) is 19.1 Å². The molecule has 0 saturated carbocycles. The third-order valence-corrected chi connectivity index (χ3v) is 5.25. The summed E-state index contributed by atoms with van der Waals surface area (Å²) in [7, 11) is -3.80. The van der Waals surface area contributed by atoms with E-state index in [1.807, 2.05) is 0 Å². The third-order valence-electron chi connectivity index (χ3n) is 2.69. The van der Waals surface area contributed by atoms with Gasteiger partial charge in [-0.15, -0.1) is 0 Å². The highest BCUT2D eigenvalue weighted by Gasteiger charge is 2.18. The minimum Gasteiger partial charge on any atom is -0.506 e. The fraction of sp³-hybridized carbons (Fsp3) is 0.0769. The van der Waals surface area contributed by atoms with E-state index >= 15 is 0 Å². The van der Waals surface area contributed by atoms with Crippen LogP contribution in [0.2, 0.25) is 5.02 Å². The maximum Gasteiger partial charge on any atom is 0.262 e. The number of nitrogens with one attached hydrogen (secondary N) is 1. The van der Waals surface area contributed by atoms with Crippen molar-refractivity contribution in [2.24, 2.45) is 0 Å². The minimum atomic E-state index is -3.80. The van der Waals surface area contributed by atoms with Gasteiger partial charge in [0.2, 0.25) is 0 Å². The molecule has 7 heteroatoms. The SMILES string of the molecule is Cc1cccc(O)c1NS(=O)(=O)c1ccc(Cl)c(Br)c1. The van der Waals surface area contributed by atoms with E-state index in [1.165, 1.54) is 24.3 Å². The fourth-order valence-corrected chi connectivity index (χ4v) is 3.44. The molecule has 0 aromatic heterocycles. The molecule has 0 amide bonds. The summed E-state index contributed by atoms with van der Waals surface area (Å²) in [5.74, 6) is -0.124. The van der Waals surface area contributed by atoms with Crippen LogP contribution in [0.1, 0.15) is 5.56 Å². The van der Waals surface area contributed by atoms with Gasteiger partial charge in [-0.3, -0.25) is 4.72 Å². The number of benzene rings is 2. The second-order valence-electron chi connectivity index (χ2n) is 4.15. The topological polar surface area (TPSA) is 66.4 Å². The Labute approximate surface area is 130 Å². The molecule has 0 spiro atoms. The van der Waals surface area contributed by atoms with E-state index in [0.717, 1.165) is 0 Å². The van der Waals surface area contributed by atoms with Crippen LogP contribution in [0.5, 0.6) is 5.75 Å². The van der Waals surface area contributed by atoms with Crippen molar-refractivity contribution in [3.8, 4) is 5.75 Å². The predicted molar refractivity (Wildman–Crippen MR) is 82.8 cm³/mol. The number of phenols is 1. The maximum absolute atomic E-state index is 12.3. The number of aromatic hydroxyl groups is 1. The second-order valence-corrected chi connectivity index (χ2v) is 7.09. The molecule has 0 saturated heterocycles. The summed E-state index contributed by atoms with van der Waals surface area (Å²) in [6.07, 6.45) is 0. The monoisotopic (exact) mass is 375 g/mol. The van der Waals surface area contributed by atoms with Crippen LogP contribution in [-0.4, -0.2) is 13.5 Å². The van der Waals surface area contributed by atoms with Crippen LogP contribution in [-0.2, 0) is 10.0 Å². The Bertz CT molecular complexity index is 742. The zero-order valence-corrected chi connectivity index (χ0v) is 13.6. The number of para-hydroxylation sites is 1. The van der Waals surface area contributed by atoms with Crippen LogP contribution >= 0.6 is 27.5 Å². The summed E-state index contributed by atoms with van der Waals surface area (Å²) in [5.41, 5.74) is 0.792. The second kappa shape index (κ2) is 5.63. The quantitative estimate of drug-likeness (QED) is 0.798. The van der Waals surface area contributed by atoms with Crippen molar-refractivity contribution in [1.29, 1.82) is 0 Å². The molecule has 0 heterocycles. The van der Waals surface area contributed by atoms with Gasteiger partial charge >= 0.3 is 0 Å². The standard InChI is InChI=1S/C13H11BrClNO3S/c1-8-3-2-4-12(17)13(8)16-20(18,19)9-5-6-11(15)10(14)7-9/h2-7,16-17H,1H3. The van der Waals surface area contributed by atoms with Crippen LogP contribution in [0.4, 0.5) is 5.69 Å². The van der Waals surface area contributed by atoms with Crippen LogP contribution in [0.25, 0.3) is 0 Å². The number of anilines is 1. The number of rotatable bonds is 3. The highest BCUT2D eigenvalue weighted by atomic mass is 79.9. The molecule has 4 nitrogen and oxygen atoms in total. The number of aryl methyl sites for hydroxylation is 1. The average molecular weight is 377 g/mol. The summed E-state index contributed by atoms with van der Waals surface area (Å²) < 4.78 is 27.4. The molecule has 106 valence electrons. The van der Waals surface area contributed by atoms with Gasteiger partial charge in [-0.1, -0.05) is 23.7 Å². The number of halogens is 2. The molecule has 0 aliphatic heterocycles. The molecule has 0 atom stereocenters. The van der Waals surface area contributed by atoms with Crippen molar-refractivity contribution in [1.82, 2.24) is 0 Å². The van der Waals surface area contributed by atoms with E-state index < -0.39 is 10.0 Å². The first-order chi connectivity index (χ1) is 9.31. The first kappa shape index (κ1) is 15.2. The molecule has 0 unspecified atom stereocenters. The molecular weight excluding hydrogens is 366 g/mol. The van der Waals surface area contributed by atoms with Crippen molar-refractivity contribution >= 4 is 43.2 Å². The molecule has 0 bridgehead atoms. The summed E-state index contributed by atoms with van der Waals surface area (Å²) in [5, 5.41) is 10.2. The summed E-state index contributed by atoms with van der Waals surface area (Å²) in [6.45, 7) is 1.70. The van der Waals surface area contributed by atoms with Crippen molar-refractivity contribution in [3.63, 3.8) is 0 Å². The van der Waals surface area contributed by atoms with Crippen LogP contribution in [0, 0.1) is 6.92 Å². The normalized spacial score (nSPS) is 11.3. The highest BCUT2D eigenvalue weighted by Crippen LogP contribution is 2.30. The molecule has 2 rings (SSSR count). The third kappa shape index (κ3) is 3.08. The Morgan fingerprint density at radius 3 is 2.55 bits per heavy atom. The van der Waals surface area contributed by atoms with Crippen LogP contribution in [0.15, 0.2) is 45.8 Å². The molecule has 2 N–H and O–H groups in total. The van der Waals surface area contributed by atoms with Crippen molar-refractivity contribution in [2.45, 2.75) is 11.8 Å². The van der Waals surface area contributed by atoms with Gasteiger partial charge in [-0.05, 0) is 52.7 Å². The van der Waals surface area contributed by atoms with E-state index in [9.17, 15) is 13.5 Å². The number of hydrogen-bond donors (Lipinski definition) is 2. The van der Waals surface area contributed by atoms with Gasteiger partial charge < -0.3 is 5.11 Å². The molecule has 0 fully saturated rings. The average Bonchev–Trinajstić information content (AvgIpc) is 2.37. The maximum atomic E-state index is 12.3. The van der Waals surface area contributed by atoms with Crippen molar-refractivity contribution in [3.05, 3.63) is 51.5 Å². The molecule has 20 heavy (non-hydrogen) atoms. The Hall–Kier alpha value is -1.24. The summed E-state index contributed by atoms with van der Waals surface area (Å²) in [4.78, 5) is 0.0522. The Morgan fingerprint density at radius 2 is 1.95 bits per heavy atom. The van der Waals surface area contributed by atoms with Gasteiger partial charge in [0.1, 0.15) is 5.75 Å². The lowest BCUT2D eigenvalue weighted by Crippen LogP contribution is -2.14. The smallest absolute Gasteiger partial charge is 0.262 e. The summed E-state index contributed by atoms with van der Waals surface area (Å²) >= 11 is 9.02. The molecular formula is C13H11BrClNO3S. The van der Waals surface area contributed by atoms with Crippen molar-refractivity contribution in [2.75, 3.05) is 4.72 Å². The van der Waals surface area contributed by atoms with Gasteiger partial charge in [0.05, 0.1) is 15.6 Å². The van der Waals surface area contributed by atoms with E-state index in [0.29, 0.717) is 15.1 Å². The molecule has 2 aromatic rings. The zero-order valence-electron chi connectivity index (χ0n) is 10.4. The van der Waals surface area contributed by atoms with Gasteiger partial charge in [0.25, 0.3) is 10.0 Å². The molecule has 2 aromatic carbocycles. The Balaban J connectivity index is 2.43. The summed E-state index contributed by atoms with van der Waals surface area (Å²) in [6, 6.07) is 9.04. The van der Waals surface area contributed by atoms with Gasteiger partial charge in [0, 0.05) is 4.47 Å². The predicted octanol–water partition coefficient (Wildman–Crippen LogP) is 3.92. The van der Waals surface area contributed by atoms with Crippen LogP contribution in [0.3, 0.4) is 0 Å². The van der Waals surface area contributed by atoms with E-state index in [2.05, 4.69) is 20.7 Å². The van der Waals surface area contributed by atoms with Crippen LogP contribution < -0.4 is 4.72 Å². The number of sulfonamides is 1. The number of hydrogen-bond acceptors (Lipinski definition) is 3. The molecule has 0 aliphatic carbocycles. The fourth-order valence-electron chi connectivity index (χ4n) is 1.62. The Kier molecular flexibility index (Phi) is 4.27. The van der Waals surface area contributed by atoms with E-state index in [-0.39, 0.29) is 16.3 Å². The Morgan fingerprint density at radius 1 is 1.25 bits per heavy atom. The zero-order chi connectivity index (χ0) is 14.9. The van der Waals surface area contributed by atoms with Gasteiger partial charge in [-0.25, -0.2) is 8.42 Å². The lowest BCUT2D eigenvalue weighted by molar-refractivity contribution is 0.477. The lowest BCUT2D eigenvalue weighted by Gasteiger charge is -2.12. The van der Waals surface area contributed by atoms with Crippen molar-refractivity contribution < 1.29 is 13.5 Å². The van der Waals surface area contributed by atoms with Gasteiger partial charge in [-0.2, -0.15) is 0 Å². The lowest BCUT2D eigenvalue weighted by atomic mass is 10.2. The minimum absolute atomic E-state index is 0.0522. The molecule has 0 aliphatic rings. The molecule has 0 radical (unpaired) electrons. The highest BCUT2D eigenvalue weighted by molar-refractivity contribution is 9.10. The first-order valence-corrected chi connectivity index (χ1v) is 8.23.